The minimum absolute atomic E-state index is 0.490. The lowest BCUT2D eigenvalue weighted by molar-refractivity contribution is -0.341. The maximum atomic E-state index is 11.0. The highest BCUT2D eigenvalue weighted by molar-refractivity contribution is 7.43. The Hall–Kier alpha value is -0.380. The summed E-state index contributed by atoms with van der Waals surface area (Å²) in [5, 5.41) is 35.7. The van der Waals surface area contributed by atoms with Crippen LogP contribution in [0.3, 0.4) is 0 Å². The summed E-state index contributed by atoms with van der Waals surface area (Å²) >= 11 is 0. The van der Waals surface area contributed by atoms with E-state index in [1.165, 1.54) is 0 Å². The van der Waals surface area contributed by atoms with Gasteiger partial charge in [0, 0.05) is 6.42 Å². The lowest BCUT2D eigenvalue weighted by atomic mass is 10.0. The topological polar surface area (TPSA) is 170 Å². The molecule has 1 unspecified atom stereocenters. The quantitative estimate of drug-likeness (QED) is 0.320. The van der Waals surface area contributed by atoms with Crippen LogP contribution in [0.25, 0.3) is 0 Å². The van der Waals surface area contributed by atoms with Crippen LogP contribution < -0.4 is 9.79 Å². The van der Waals surface area contributed by atoms with Crippen molar-refractivity contribution in [3.63, 3.8) is 0 Å². The number of aliphatic hydroxyl groups is 4. The van der Waals surface area contributed by atoms with Crippen molar-refractivity contribution in [1.82, 2.24) is 0 Å². The van der Waals surface area contributed by atoms with E-state index in [-0.39, 0.29) is 0 Å². The number of carbonyl (C=O) groups excluding carboxylic acids is 1. The van der Waals surface area contributed by atoms with Gasteiger partial charge in [0.15, 0.2) is 5.78 Å². The first kappa shape index (κ1) is 16.6. The summed E-state index contributed by atoms with van der Waals surface area (Å²) in [6.07, 6.45) is -5.54. The minimum Gasteiger partial charge on any atom is -0.790 e. The second-order valence-electron chi connectivity index (χ2n) is 3.27. The van der Waals surface area contributed by atoms with Crippen molar-refractivity contribution in [2.45, 2.75) is 24.7 Å². The molecular formula is C7H13O9P-2. The molecule has 17 heavy (non-hydrogen) atoms. The zero-order valence-corrected chi connectivity index (χ0v) is 9.53. The summed E-state index contributed by atoms with van der Waals surface area (Å²) in [5.74, 6) is -1.23. The molecule has 0 saturated carbocycles. The first-order valence-electron chi connectivity index (χ1n) is 4.51. The molecule has 102 valence electrons. The maximum absolute atomic E-state index is 11.0. The highest BCUT2D eigenvalue weighted by Crippen LogP contribution is 2.24. The molecule has 0 amide bonds. The summed E-state index contributed by atoms with van der Waals surface area (Å²) in [4.78, 5) is 31.1. The summed E-state index contributed by atoms with van der Waals surface area (Å²) in [6.45, 7) is -1.87. The number of hydrogen-bond acceptors (Lipinski definition) is 9. The smallest absolute Gasteiger partial charge is 0.189 e. The van der Waals surface area contributed by atoms with Crippen molar-refractivity contribution in [2.75, 3.05) is 13.2 Å². The fourth-order valence-electron chi connectivity index (χ4n) is 0.925. The van der Waals surface area contributed by atoms with Gasteiger partial charge in [-0.2, -0.15) is 0 Å². The molecule has 0 aromatic rings. The lowest BCUT2D eigenvalue weighted by Crippen LogP contribution is -2.39. The van der Waals surface area contributed by atoms with Gasteiger partial charge in [0.2, 0.25) is 0 Å². The van der Waals surface area contributed by atoms with Gasteiger partial charge in [-0.1, -0.05) is 0 Å². The van der Waals surface area contributed by atoms with E-state index < -0.39 is 51.6 Å². The number of aliphatic hydroxyl groups excluding tert-OH is 4. The number of ketones is 1. The predicted molar refractivity (Wildman–Crippen MR) is 48.3 cm³/mol. The highest BCUT2D eigenvalue weighted by Gasteiger charge is 2.26. The SMILES string of the molecule is O=C(COP(=O)([O-])[O-])[C@@H](O)[C@H](O)CC(O)CO. The number of Topliss-reactive ketones (excluding diaryl/α,β-unsaturated/α-hetero) is 1. The molecule has 10 heteroatoms. The third-order valence-corrected chi connectivity index (χ3v) is 2.23. The molecule has 4 N–H and O–H groups in total. The van der Waals surface area contributed by atoms with Gasteiger partial charge in [-0.05, 0) is 0 Å². The normalized spacial score (nSPS) is 17.5. The lowest BCUT2D eigenvalue weighted by Gasteiger charge is -2.28. The van der Waals surface area contributed by atoms with Crippen LogP contribution in [0.4, 0.5) is 0 Å². The van der Waals surface area contributed by atoms with Gasteiger partial charge in [0.05, 0.1) is 26.6 Å². The van der Waals surface area contributed by atoms with E-state index in [1.807, 2.05) is 0 Å². The van der Waals surface area contributed by atoms with Crippen molar-refractivity contribution < 1.29 is 44.1 Å². The third-order valence-electron chi connectivity index (χ3n) is 1.78. The molecule has 0 aliphatic carbocycles. The Morgan fingerprint density at radius 3 is 2.24 bits per heavy atom. The van der Waals surface area contributed by atoms with E-state index in [0.717, 1.165) is 0 Å². The average Bonchev–Trinajstić information content (AvgIpc) is 2.23. The van der Waals surface area contributed by atoms with Crippen molar-refractivity contribution in [1.29, 1.82) is 0 Å². The van der Waals surface area contributed by atoms with Gasteiger partial charge in [-0.25, -0.2) is 0 Å². The Bertz CT molecular complexity index is 287. The number of rotatable bonds is 8. The number of carbonyl (C=O) groups is 1. The van der Waals surface area contributed by atoms with E-state index in [0.29, 0.717) is 0 Å². The molecule has 0 spiro atoms. The molecule has 0 aromatic carbocycles. The van der Waals surface area contributed by atoms with E-state index >= 15 is 0 Å². The third kappa shape index (κ3) is 7.53. The predicted octanol–water partition coefficient (Wildman–Crippen LogP) is -4.13. The average molecular weight is 272 g/mol. The Labute approximate surface area is 96.5 Å². The van der Waals surface area contributed by atoms with Crippen LogP contribution in [-0.2, 0) is 13.9 Å². The van der Waals surface area contributed by atoms with Crippen LogP contribution in [0.15, 0.2) is 0 Å². The van der Waals surface area contributed by atoms with Gasteiger partial charge in [-0.3, -0.25) is 4.79 Å². The van der Waals surface area contributed by atoms with Crippen molar-refractivity contribution >= 4 is 13.6 Å². The van der Waals surface area contributed by atoms with Crippen LogP contribution in [0.1, 0.15) is 6.42 Å². The molecule has 0 radical (unpaired) electrons. The Morgan fingerprint density at radius 2 is 1.82 bits per heavy atom. The number of phosphoric acid groups is 1. The van der Waals surface area contributed by atoms with Crippen molar-refractivity contribution in [3.05, 3.63) is 0 Å². The van der Waals surface area contributed by atoms with Crippen LogP contribution in [0.2, 0.25) is 0 Å². The largest absolute Gasteiger partial charge is 0.790 e. The number of phosphoric ester groups is 1. The molecule has 3 atom stereocenters. The summed E-state index contributed by atoms with van der Waals surface area (Å²) in [6, 6.07) is 0. The fraction of sp³-hybridized carbons (Fsp3) is 0.857. The second kappa shape index (κ2) is 7.14. The molecule has 0 aliphatic rings. The molecule has 9 nitrogen and oxygen atoms in total. The standard InChI is InChI=1S/C7H15O9P/c8-2-4(9)1-5(10)7(12)6(11)3-16-17(13,14)15/h4-5,7-10,12H,1-3H2,(H2,13,14,15)/p-2/t4?,5-,7+/m1/s1. The Morgan fingerprint density at radius 1 is 1.29 bits per heavy atom. The fourth-order valence-corrected chi connectivity index (χ4v) is 1.21. The maximum Gasteiger partial charge on any atom is 0.189 e. The summed E-state index contributed by atoms with van der Waals surface area (Å²) in [7, 11) is -5.33. The molecule has 0 saturated heterocycles. The van der Waals surface area contributed by atoms with Crippen molar-refractivity contribution in [3.8, 4) is 0 Å². The Kier molecular flexibility index (Phi) is 6.98. The summed E-state index contributed by atoms with van der Waals surface area (Å²) in [5.41, 5.74) is 0. The van der Waals surface area contributed by atoms with E-state index in [4.69, 9.17) is 15.3 Å². The monoisotopic (exact) mass is 272 g/mol. The second-order valence-corrected chi connectivity index (χ2v) is 4.42. The zero-order valence-electron chi connectivity index (χ0n) is 8.63. The summed E-state index contributed by atoms with van der Waals surface area (Å²) < 4.78 is 13.6. The molecule has 0 fully saturated rings. The molecule has 0 aromatic heterocycles. The first-order valence-corrected chi connectivity index (χ1v) is 5.97. The van der Waals surface area contributed by atoms with E-state index in [9.17, 15) is 24.3 Å². The van der Waals surface area contributed by atoms with Crippen LogP contribution in [-0.4, -0.2) is 57.7 Å². The molecule has 0 heterocycles. The van der Waals surface area contributed by atoms with Crippen LogP contribution >= 0.6 is 7.82 Å². The van der Waals surface area contributed by atoms with Gasteiger partial charge in [0.25, 0.3) is 0 Å². The van der Waals surface area contributed by atoms with Gasteiger partial charge in [0.1, 0.15) is 12.7 Å². The van der Waals surface area contributed by atoms with Gasteiger partial charge in [-0.15, -0.1) is 0 Å². The zero-order chi connectivity index (χ0) is 13.6. The molecule has 0 aliphatic heterocycles. The van der Waals surface area contributed by atoms with Gasteiger partial charge < -0.3 is 39.3 Å². The molecular weight excluding hydrogens is 259 g/mol. The number of hydrogen-bond donors (Lipinski definition) is 4. The first-order chi connectivity index (χ1) is 7.67. The van der Waals surface area contributed by atoms with Crippen LogP contribution in [0, 0.1) is 0 Å². The van der Waals surface area contributed by atoms with Gasteiger partial charge >= 0.3 is 0 Å². The molecule has 0 rings (SSSR count). The van der Waals surface area contributed by atoms with E-state index in [1.54, 1.807) is 0 Å². The van der Waals surface area contributed by atoms with Crippen LogP contribution in [0.5, 0.6) is 0 Å². The molecule has 0 bridgehead atoms. The Balaban J connectivity index is 4.16. The highest BCUT2D eigenvalue weighted by atomic mass is 31.2. The van der Waals surface area contributed by atoms with Crippen molar-refractivity contribution in [2.24, 2.45) is 0 Å². The van der Waals surface area contributed by atoms with E-state index in [2.05, 4.69) is 4.52 Å². The minimum atomic E-state index is -5.33.